The number of para-hydroxylation sites is 1. The number of benzene rings is 1. The summed E-state index contributed by atoms with van der Waals surface area (Å²) in [6.45, 7) is 7.04. The summed E-state index contributed by atoms with van der Waals surface area (Å²) in [4.78, 5) is 43.4. The van der Waals surface area contributed by atoms with Gasteiger partial charge in [-0.3, -0.25) is 19.4 Å². The molecule has 1 spiro atoms. The monoisotopic (exact) mass is 427 g/mol. The number of rotatable bonds is 6. The number of imide groups is 1. The molecule has 8 heteroatoms. The van der Waals surface area contributed by atoms with Crippen molar-refractivity contribution in [3.63, 3.8) is 0 Å². The van der Waals surface area contributed by atoms with Gasteiger partial charge in [0.25, 0.3) is 5.91 Å². The molecule has 2 N–H and O–H groups in total. The van der Waals surface area contributed by atoms with Gasteiger partial charge in [-0.25, -0.2) is 4.79 Å². The van der Waals surface area contributed by atoms with Crippen LogP contribution in [0, 0.1) is 5.92 Å². The molecule has 2 saturated heterocycles. The Morgan fingerprint density at radius 2 is 1.77 bits per heavy atom. The Balaban J connectivity index is 1.18. The van der Waals surface area contributed by atoms with Gasteiger partial charge in [-0.15, -0.1) is 0 Å². The molecule has 168 valence electrons. The summed E-state index contributed by atoms with van der Waals surface area (Å²) in [6, 6.07) is 9.95. The van der Waals surface area contributed by atoms with Gasteiger partial charge in [0.1, 0.15) is 12.1 Å². The summed E-state index contributed by atoms with van der Waals surface area (Å²) in [5.41, 5.74) is 0.455. The van der Waals surface area contributed by atoms with Gasteiger partial charge in [0, 0.05) is 45.0 Å². The lowest BCUT2D eigenvalue weighted by molar-refractivity contribution is -0.136. The highest BCUT2D eigenvalue weighted by molar-refractivity contribution is 6.09. The van der Waals surface area contributed by atoms with E-state index in [1.807, 2.05) is 6.07 Å². The van der Waals surface area contributed by atoms with E-state index in [4.69, 9.17) is 0 Å². The predicted octanol–water partition coefficient (Wildman–Crippen LogP) is 1.43. The molecule has 3 fully saturated rings. The molecule has 0 atom stereocenters. The van der Waals surface area contributed by atoms with Gasteiger partial charge in [-0.2, -0.15) is 0 Å². The van der Waals surface area contributed by atoms with E-state index in [-0.39, 0.29) is 18.4 Å². The van der Waals surface area contributed by atoms with Crippen LogP contribution in [0.5, 0.6) is 0 Å². The van der Waals surface area contributed by atoms with E-state index >= 15 is 0 Å². The second-order valence-corrected chi connectivity index (χ2v) is 9.10. The zero-order chi connectivity index (χ0) is 21.8. The molecule has 3 aliphatic rings. The highest BCUT2D eigenvalue weighted by Gasteiger charge is 2.52. The smallest absolute Gasteiger partial charge is 0.325 e. The van der Waals surface area contributed by atoms with Crippen molar-refractivity contribution in [3.8, 4) is 0 Å². The second kappa shape index (κ2) is 9.26. The van der Waals surface area contributed by atoms with Gasteiger partial charge in [-0.05, 0) is 43.7 Å². The van der Waals surface area contributed by atoms with Gasteiger partial charge in [0.15, 0.2) is 0 Å². The molecule has 4 amide bonds. The third-order valence-electron chi connectivity index (χ3n) is 6.92. The predicted molar refractivity (Wildman–Crippen MR) is 119 cm³/mol. The second-order valence-electron chi connectivity index (χ2n) is 9.10. The first kappa shape index (κ1) is 21.6. The van der Waals surface area contributed by atoms with Crippen molar-refractivity contribution >= 4 is 23.5 Å². The van der Waals surface area contributed by atoms with Crippen molar-refractivity contribution in [3.05, 3.63) is 30.3 Å². The Kier molecular flexibility index (Phi) is 6.46. The third kappa shape index (κ3) is 4.84. The number of hydrogen-bond donors (Lipinski definition) is 2. The standard InChI is InChI=1S/C23H33N5O3/c1-18-7-9-23(10-8-18)21(30)28(22(31)25-23)17-20(29)24-11-12-26-13-15-27(16-14-26)19-5-3-2-4-6-19/h2-6,18H,7-17H2,1H3,(H,24,29)(H,25,31). The number of carbonyl (C=O) groups is 3. The summed E-state index contributed by atoms with van der Waals surface area (Å²) < 4.78 is 0. The lowest BCUT2D eigenvalue weighted by Crippen LogP contribution is -2.50. The number of carbonyl (C=O) groups excluding carboxylic acids is 3. The van der Waals surface area contributed by atoms with E-state index in [0.29, 0.717) is 25.3 Å². The molecule has 2 heterocycles. The maximum Gasteiger partial charge on any atom is 0.325 e. The number of hydrogen-bond acceptors (Lipinski definition) is 5. The molecule has 31 heavy (non-hydrogen) atoms. The molecule has 0 bridgehead atoms. The first-order chi connectivity index (χ1) is 15.0. The van der Waals surface area contributed by atoms with Crippen molar-refractivity contribution in [2.24, 2.45) is 5.92 Å². The van der Waals surface area contributed by atoms with E-state index < -0.39 is 11.6 Å². The van der Waals surface area contributed by atoms with Gasteiger partial charge in [0.2, 0.25) is 5.91 Å². The zero-order valence-corrected chi connectivity index (χ0v) is 18.3. The number of urea groups is 1. The van der Waals surface area contributed by atoms with Crippen LogP contribution in [-0.2, 0) is 9.59 Å². The molecule has 8 nitrogen and oxygen atoms in total. The van der Waals surface area contributed by atoms with Crippen LogP contribution in [0.4, 0.5) is 10.5 Å². The van der Waals surface area contributed by atoms with Crippen molar-refractivity contribution in [2.75, 3.05) is 50.7 Å². The number of amides is 4. The van der Waals surface area contributed by atoms with Crippen LogP contribution >= 0.6 is 0 Å². The van der Waals surface area contributed by atoms with Crippen LogP contribution in [0.1, 0.15) is 32.6 Å². The molecule has 1 saturated carbocycles. The number of piperazine rings is 1. The van der Waals surface area contributed by atoms with Gasteiger partial charge in [0.05, 0.1) is 0 Å². The molecule has 0 unspecified atom stereocenters. The lowest BCUT2D eigenvalue weighted by Gasteiger charge is -2.36. The molecule has 0 aromatic heterocycles. The fourth-order valence-electron chi connectivity index (χ4n) is 4.84. The minimum absolute atomic E-state index is 0.205. The Morgan fingerprint density at radius 3 is 2.45 bits per heavy atom. The van der Waals surface area contributed by atoms with Crippen molar-refractivity contribution in [1.82, 2.24) is 20.4 Å². The largest absolute Gasteiger partial charge is 0.369 e. The zero-order valence-electron chi connectivity index (χ0n) is 18.3. The summed E-state index contributed by atoms with van der Waals surface area (Å²) in [5, 5.41) is 5.74. The summed E-state index contributed by atoms with van der Waals surface area (Å²) in [7, 11) is 0. The fourth-order valence-corrected chi connectivity index (χ4v) is 4.84. The average molecular weight is 428 g/mol. The molecule has 1 aromatic carbocycles. The van der Waals surface area contributed by atoms with E-state index in [2.05, 4.69) is 51.6 Å². The van der Waals surface area contributed by atoms with Crippen LogP contribution in [-0.4, -0.2) is 79.0 Å². The molecule has 4 rings (SSSR count). The van der Waals surface area contributed by atoms with E-state index in [9.17, 15) is 14.4 Å². The summed E-state index contributed by atoms with van der Waals surface area (Å²) >= 11 is 0. The number of nitrogens with one attached hydrogen (secondary N) is 2. The van der Waals surface area contributed by atoms with E-state index in [1.165, 1.54) is 5.69 Å². The quantitative estimate of drug-likeness (QED) is 0.671. The lowest BCUT2D eigenvalue weighted by atomic mass is 9.77. The van der Waals surface area contributed by atoms with Crippen LogP contribution in [0.25, 0.3) is 0 Å². The van der Waals surface area contributed by atoms with Gasteiger partial charge < -0.3 is 15.5 Å². The van der Waals surface area contributed by atoms with Gasteiger partial charge in [-0.1, -0.05) is 25.1 Å². The van der Waals surface area contributed by atoms with Crippen LogP contribution in [0.2, 0.25) is 0 Å². The maximum absolute atomic E-state index is 12.9. The van der Waals surface area contributed by atoms with Crippen molar-refractivity contribution in [1.29, 1.82) is 0 Å². The fraction of sp³-hybridized carbons (Fsp3) is 0.609. The highest BCUT2D eigenvalue weighted by atomic mass is 16.2. The van der Waals surface area contributed by atoms with E-state index in [0.717, 1.165) is 50.5 Å². The topological polar surface area (TPSA) is 85.0 Å². The van der Waals surface area contributed by atoms with E-state index in [1.54, 1.807) is 0 Å². The van der Waals surface area contributed by atoms with Crippen LogP contribution < -0.4 is 15.5 Å². The molecular formula is C23H33N5O3. The number of anilines is 1. The Morgan fingerprint density at radius 1 is 1.10 bits per heavy atom. The Hall–Kier alpha value is -2.61. The minimum atomic E-state index is -0.789. The molecule has 1 aliphatic carbocycles. The first-order valence-corrected chi connectivity index (χ1v) is 11.4. The van der Waals surface area contributed by atoms with Gasteiger partial charge >= 0.3 is 6.03 Å². The molecule has 2 aliphatic heterocycles. The summed E-state index contributed by atoms with van der Waals surface area (Å²) in [5.74, 6) is 0.0477. The minimum Gasteiger partial charge on any atom is -0.369 e. The normalized spacial score (nSPS) is 26.9. The number of nitrogens with zero attached hydrogens (tertiary/aromatic N) is 3. The van der Waals surface area contributed by atoms with Crippen molar-refractivity contribution < 1.29 is 14.4 Å². The summed E-state index contributed by atoms with van der Waals surface area (Å²) in [6.07, 6.45) is 3.16. The Bertz CT molecular complexity index is 799. The molecule has 1 aromatic rings. The molecular weight excluding hydrogens is 394 g/mol. The SMILES string of the molecule is CC1CCC2(CC1)NC(=O)N(CC(=O)NCCN1CCN(c3ccccc3)CC1)C2=O. The Labute approximate surface area is 183 Å². The van der Waals surface area contributed by atoms with Crippen LogP contribution in [0.3, 0.4) is 0 Å². The average Bonchev–Trinajstić information content (AvgIpc) is 3.01. The first-order valence-electron chi connectivity index (χ1n) is 11.4. The van der Waals surface area contributed by atoms with Crippen LogP contribution in [0.15, 0.2) is 30.3 Å². The van der Waals surface area contributed by atoms with Crippen molar-refractivity contribution in [2.45, 2.75) is 38.1 Å². The molecule has 0 radical (unpaired) electrons. The third-order valence-corrected chi connectivity index (χ3v) is 6.92. The maximum atomic E-state index is 12.9. The highest BCUT2D eigenvalue weighted by Crippen LogP contribution is 2.36.